The third kappa shape index (κ3) is 4.23. The SMILES string of the molecule is CCOc1ccc(CNCC(CC)(CC)C(=O)O)cc1. The minimum absolute atomic E-state index is 0.489. The Hall–Kier alpha value is -1.55. The zero-order valence-electron chi connectivity index (χ0n) is 12.6. The van der Waals surface area contributed by atoms with E-state index < -0.39 is 11.4 Å². The van der Waals surface area contributed by atoms with Gasteiger partial charge in [0.2, 0.25) is 0 Å². The first kappa shape index (κ1) is 16.5. The molecule has 112 valence electrons. The summed E-state index contributed by atoms with van der Waals surface area (Å²) < 4.78 is 5.39. The highest BCUT2D eigenvalue weighted by Crippen LogP contribution is 2.25. The first-order chi connectivity index (χ1) is 9.57. The zero-order chi connectivity index (χ0) is 15.0. The summed E-state index contributed by atoms with van der Waals surface area (Å²) in [6, 6.07) is 7.87. The fourth-order valence-electron chi connectivity index (χ4n) is 2.19. The third-order valence-corrected chi connectivity index (χ3v) is 3.83. The van der Waals surface area contributed by atoms with Gasteiger partial charge in [-0.15, -0.1) is 0 Å². The highest BCUT2D eigenvalue weighted by Gasteiger charge is 2.34. The number of carbonyl (C=O) groups is 1. The smallest absolute Gasteiger partial charge is 0.310 e. The molecule has 0 unspecified atom stereocenters. The van der Waals surface area contributed by atoms with E-state index in [0.717, 1.165) is 11.3 Å². The summed E-state index contributed by atoms with van der Waals surface area (Å²) in [5.41, 5.74) is 0.464. The van der Waals surface area contributed by atoms with Crippen LogP contribution in [0.25, 0.3) is 0 Å². The first-order valence-corrected chi connectivity index (χ1v) is 7.23. The van der Waals surface area contributed by atoms with Gasteiger partial charge in [0.15, 0.2) is 0 Å². The van der Waals surface area contributed by atoms with Crippen LogP contribution in [0.4, 0.5) is 0 Å². The van der Waals surface area contributed by atoms with Crippen LogP contribution in [0.3, 0.4) is 0 Å². The summed E-state index contributed by atoms with van der Waals surface area (Å²) in [5, 5.41) is 12.6. The number of rotatable bonds is 9. The number of aliphatic carboxylic acids is 1. The molecular formula is C16H25NO3. The number of nitrogens with one attached hydrogen (secondary N) is 1. The molecule has 20 heavy (non-hydrogen) atoms. The first-order valence-electron chi connectivity index (χ1n) is 7.23. The van der Waals surface area contributed by atoms with Crippen LogP contribution in [0, 0.1) is 5.41 Å². The molecule has 0 spiro atoms. The molecule has 0 saturated carbocycles. The Kier molecular flexibility index (Phi) is 6.52. The number of carboxylic acid groups (broad SMARTS) is 1. The van der Waals surface area contributed by atoms with Gasteiger partial charge in [-0.05, 0) is 37.5 Å². The second kappa shape index (κ2) is 7.90. The second-order valence-electron chi connectivity index (χ2n) is 4.97. The summed E-state index contributed by atoms with van der Waals surface area (Å²) in [6.45, 7) is 7.62. The van der Waals surface area contributed by atoms with E-state index in [2.05, 4.69) is 5.32 Å². The lowest BCUT2D eigenvalue weighted by Crippen LogP contribution is -2.39. The molecule has 0 aromatic heterocycles. The Morgan fingerprint density at radius 1 is 1.20 bits per heavy atom. The fraction of sp³-hybridized carbons (Fsp3) is 0.562. The number of ether oxygens (including phenoxy) is 1. The molecule has 1 aromatic carbocycles. The van der Waals surface area contributed by atoms with Crippen molar-refractivity contribution in [2.45, 2.75) is 40.2 Å². The molecule has 0 bridgehead atoms. The Bertz CT molecular complexity index is 410. The van der Waals surface area contributed by atoms with Crippen LogP contribution in [-0.4, -0.2) is 24.2 Å². The van der Waals surface area contributed by atoms with Gasteiger partial charge in [-0.3, -0.25) is 4.79 Å². The van der Waals surface area contributed by atoms with Crippen molar-refractivity contribution in [1.82, 2.24) is 5.32 Å². The van der Waals surface area contributed by atoms with Crippen LogP contribution < -0.4 is 10.1 Å². The van der Waals surface area contributed by atoms with E-state index in [4.69, 9.17) is 4.74 Å². The molecule has 1 rings (SSSR count). The molecule has 0 radical (unpaired) electrons. The van der Waals surface area contributed by atoms with Gasteiger partial charge in [0.05, 0.1) is 12.0 Å². The topological polar surface area (TPSA) is 58.6 Å². The Labute approximate surface area is 121 Å². The molecule has 0 saturated heterocycles. The number of hydrogen-bond acceptors (Lipinski definition) is 3. The molecule has 4 heteroatoms. The lowest BCUT2D eigenvalue weighted by atomic mass is 9.82. The lowest BCUT2D eigenvalue weighted by molar-refractivity contribution is -0.149. The van der Waals surface area contributed by atoms with Crippen molar-refractivity contribution in [3.8, 4) is 5.75 Å². The fourth-order valence-corrected chi connectivity index (χ4v) is 2.19. The molecule has 0 aliphatic rings. The summed E-state index contributed by atoms with van der Waals surface area (Å²) in [5.74, 6) is 0.139. The molecule has 0 atom stereocenters. The normalized spacial score (nSPS) is 11.3. The van der Waals surface area contributed by atoms with E-state index in [0.29, 0.717) is 32.5 Å². The predicted molar refractivity (Wildman–Crippen MR) is 80.0 cm³/mol. The van der Waals surface area contributed by atoms with E-state index in [1.54, 1.807) is 0 Å². The summed E-state index contributed by atoms with van der Waals surface area (Å²) in [4.78, 5) is 11.4. The maximum atomic E-state index is 11.4. The molecule has 2 N–H and O–H groups in total. The molecule has 1 aromatic rings. The van der Waals surface area contributed by atoms with Gasteiger partial charge in [-0.25, -0.2) is 0 Å². The van der Waals surface area contributed by atoms with Crippen LogP contribution in [0.15, 0.2) is 24.3 Å². The van der Waals surface area contributed by atoms with Crippen LogP contribution in [0.5, 0.6) is 5.75 Å². The van der Waals surface area contributed by atoms with Crippen molar-refractivity contribution in [1.29, 1.82) is 0 Å². The van der Waals surface area contributed by atoms with E-state index in [1.165, 1.54) is 0 Å². The predicted octanol–water partition coefficient (Wildman–Crippen LogP) is 3.07. The molecule has 0 fully saturated rings. The highest BCUT2D eigenvalue weighted by atomic mass is 16.5. The van der Waals surface area contributed by atoms with Crippen molar-refractivity contribution >= 4 is 5.97 Å². The lowest BCUT2D eigenvalue weighted by Gasteiger charge is -2.27. The van der Waals surface area contributed by atoms with Crippen LogP contribution in [0.1, 0.15) is 39.2 Å². The summed E-state index contributed by atoms with van der Waals surface area (Å²) in [6.07, 6.45) is 1.27. The molecule has 0 amide bonds. The van der Waals surface area contributed by atoms with Gasteiger partial charge in [0.1, 0.15) is 5.75 Å². The second-order valence-corrected chi connectivity index (χ2v) is 4.97. The number of benzene rings is 1. The zero-order valence-corrected chi connectivity index (χ0v) is 12.6. The Morgan fingerprint density at radius 2 is 1.80 bits per heavy atom. The Balaban J connectivity index is 2.52. The van der Waals surface area contributed by atoms with Gasteiger partial charge < -0.3 is 15.2 Å². The maximum absolute atomic E-state index is 11.4. The van der Waals surface area contributed by atoms with Crippen LogP contribution >= 0.6 is 0 Å². The molecular weight excluding hydrogens is 254 g/mol. The van der Waals surface area contributed by atoms with E-state index >= 15 is 0 Å². The number of carboxylic acids is 1. The summed E-state index contributed by atoms with van der Waals surface area (Å²) >= 11 is 0. The molecule has 0 aliphatic carbocycles. The van der Waals surface area contributed by atoms with Gasteiger partial charge in [0, 0.05) is 13.1 Å². The van der Waals surface area contributed by atoms with Gasteiger partial charge >= 0.3 is 5.97 Å². The van der Waals surface area contributed by atoms with Gasteiger partial charge in [-0.2, -0.15) is 0 Å². The van der Waals surface area contributed by atoms with Gasteiger partial charge in [-0.1, -0.05) is 26.0 Å². The Morgan fingerprint density at radius 3 is 2.25 bits per heavy atom. The minimum atomic E-state index is -0.721. The van der Waals surface area contributed by atoms with Crippen molar-refractivity contribution in [3.63, 3.8) is 0 Å². The molecule has 0 aliphatic heterocycles. The molecule has 0 heterocycles. The van der Waals surface area contributed by atoms with Crippen LogP contribution in [-0.2, 0) is 11.3 Å². The maximum Gasteiger partial charge on any atom is 0.310 e. The number of hydrogen-bond donors (Lipinski definition) is 2. The standard InChI is InChI=1S/C16H25NO3/c1-4-16(5-2,15(18)19)12-17-11-13-7-9-14(10-8-13)20-6-3/h7-10,17H,4-6,11-12H2,1-3H3,(H,18,19). The molecule has 4 nitrogen and oxygen atoms in total. The highest BCUT2D eigenvalue weighted by molar-refractivity contribution is 5.74. The van der Waals surface area contributed by atoms with Crippen LogP contribution in [0.2, 0.25) is 0 Å². The van der Waals surface area contributed by atoms with Gasteiger partial charge in [0.25, 0.3) is 0 Å². The van der Waals surface area contributed by atoms with E-state index in [9.17, 15) is 9.90 Å². The average Bonchev–Trinajstić information content (AvgIpc) is 2.46. The van der Waals surface area contributed by atoms with E-state index in [1.807, 2.05) is 45.0 Å². The third-order valence-electron chi connectivity index (χ3n) is 3.83. The van der Waals surface area contributed by atoms with Crippen molar-refractivity contribution in [3.05, 3.63) is 29.8 Å². The van der Waals surface area contributed by atoms with Crippen molar-refractivity contribution in [2.75, 3.05) is 13.2 Å². The largest absolute Gasteiger partial charge is 0.494 e. The van der Waals surface area contributed by atoms with E-state index in [-0.39, 0.29) is 0 Å². The quantitative estimate of drug-likeness (QED) is 0.729. The minimum Gasteiger partial charge on any atom is -0.494 e. The average molecular weight is 279 g/mol. The monoisotopic (exact) mass is 279 g/mol. The van der Waals surface area contributed by atoms with Crippen molar-refractivity contribution < 1.29 is 14.6 Å². The van der Waals surface area contributed by atoms with Crippen molar-refractivity contribution in [2.24, 2.45) is 5.41 Å². The summed E-state index contributed by atoms with van der Waals surface area (Å²) in [7, 11) is 0.